The van der Waals surface area contributed by atoms with Crippen molar-refractivity contribution in [3.63, 3.8) is 0 Å². The zero-order chi connectivity index (χ0) is 13.8. The fraction of sp³-hybridized carbons (Fsp3) is 0.357. The zero-order valence-electron chi connectivity index (χ0n) is 11.4. The summed E-state index contributed by atoms with van der Waals surface area (Å²) < 4.78 is 20.5. The van der Waals surface area contributed by atoms with Crippen LogP contribution in [0.15, 0.2) is 24.4 Å². The van der Waals surface area contributed by atoms with Crippen molar-refractivity contribution in [1.82, 2.24) is 9.55 Å². The highest BCUT2D eigenvalue weighted by Gasteiger charge is 2.09. The van der Waals surface area contributed by atoms with E-state index in [0.717, 1.165) is 11.4 Å². The average molecular weight is 263 g/mol. The van der Waals surface area contributed by atoms with Gasteiger partial charge in [-0.3, -0.25) is 0 Å². The molecule has 1 heterocycles. The third-order valence-electron chi connectivity index (χ3n) is 2.95. The molecule has 0 aliphatic heterocycles. The number of aromatic nitrogens is 2. The summed E-state index contributed by atoms with van der Waals surface area (Å²) in [6, 6.07) is 4.96. The van der Waals surface area contributed by atoms with E-state index in [0.29, 0.717) is 24.7 Å². The van der Waals surface area contributed by atoms with Gasteiger partial charge in [0, 0.05) is 31.1 Å². The van der Waals surface area contributed by atoms with Crippen LogP contribution in [0.5, 0.6) is 0 Å². The molecule has 0 unspecified atom stereocenters. The number of halogens is 1. The van der Waals surface area contributed by atoms with Crippen LogP contribution in [0.2, 0.25) is 0 Å². The maximum absolute atomic E-state index is 13.5. The third kappa shape index (κ3) is 3.12. The number of nitrogens with one attached hydrogen (secondary N) is 1. The molecule has 2 aromatic rings. The van der Waals surface area contributed by atoms with Crippen molar-refractivity contribution in [2.45, 2.75) is 20.4 Å². The Balaban J connectivity index is 2.25. The minimum Gasteiger partial charge on any atom is -0.383 e. The summed E-state index contributed by atoms with van der Waals surface area (Å²) in [6.07, 6.45) is 1.94. The SMILES string of the molecule is COCCn1cc(C)nc1Nc1cccc(F)c1C. The first kappa shape index (κ1) is 13.5. The van der Waals surface area contributed by atoms with E-state index in [1.54, 1.807) is 20.1 Å². The quantitative estimate of drug-likeness (QED) is 0.901. The second-order valence-corrected chi connectivity index (χ2v) is 4.43. The van der Waals surface area contributed by atoms with Crippen LogP contribution in [0.3, 0.4) is 0 Å². The number of hydrogen-bond acceptors (Lipinski definition) is 3. The third-order valence-corrected chi connectivity index (χ3v) is 2.95. The van der Waals surface area contributed by atoms with E-state index in [9.17, 15) is 4.39 Å². The van der Waals surface area contributed by atoms with Crippen LogP contribution < -0.4 is 5.32 Å². The molecule has 0 atom stereocenters. The van der Waals surface area contributed by atoms with Gasteiger partial charge in [0.1, 0.15) is 5.82 Å². The largest absolute Gasteiger partial charge is 0.383 e. The van der Waals surface area contributed by atoms with Gasteiger partial charge < -0.3 is 14.6 Å². The molecule has 102 valence electrons. The Morgan fingerprint density at radius 1 is 1.37 bits per heavy atom. The van der Waals surface area contributed by atoms with Crippen molar-refractivity contribution in [3.05, 3.63) is 41.5 Å². The monoisotopic (exact) mass is 263 g/mol. The van der Waals surface area contributed by atoms with Crippen LogP contribution in [0.4, 0.5) is 16.0 Å². The van der Waals surface area contributed by atoms with E-state index in [4.69, 9.17) is 4.74 Å². The summed E-state index contributed by atoms with van der Waals surface area (Å²) >= 11 is 0. The summed E-state index contributed by atoms with van der Waals surface area (Å²) in [5.74, 6) is 0.472. The molecule has 2 rings (SSSR count). The van der Waals surface area contributed by atoms with Gasteiger partial charge in [0.25, 0.3) is 0 Å². The molecule has 0 bridgehead atoms. The molecular formula is C14H18FN3O. The Hall–Kier alpha value is -1.88. The Morgan fingerprint density at radius 3 is 2.89 bits per heavy atom. The normalized spacial score (nSPS) is 10.7. The number of benzene rings is 1. The Labute approximate surface area is 112 Å². The molecule has 19 heavy (non-hydrogen) atoms. The van der Waals surface area contributed by atoms with Gasteiger partial charge in [0.05, 0.1) is 12.3 Å². The summed E-state index contributed by atoms with van der Waals surface area (Å²) in [4.78, 5) is 4.40. The molecule has 1 N–H and O–H groups in total. The maximum atomic E-state index is 13.5. The molecule has 0 fully saturated rings. The molecule has 0 aliphatic rings. The van der Waals surface area contributed by atoms with Gasteiger partial charge in [-0.15, -0.1) is 0 Å². The highest BCUT2D eigenvalue weighted by atomic mass is 19.1. The van der Waals surface area contributed by atoms with Gasteiger partial charge in [0.2, 0.25) is 5.95 Å². The van der Waals surface area contributed by atoms with Gasteiger partial charge >= 0.3 is 0 Å². The van der Waals surface area contributed by atoms with Crippen molar-refractivity contribution in [3.8, 4) is 0 Å². The lowest BCUT2D eigenvalue weighted by Gasteiger charge is -2.11. The van der Waals surface area contributed by atoms with Crippen LogP contribution in [-0.2, 0) is 11.3 Å². The van der Waals surface area contributed by atoms with Crippen LogP contribution in [0, 0.1) is 19.7 Å². The smallest absolute Gasteiger partial charge is 0.207 e. The van der Waals surface area contributed by atoms with E-state index in [1.807, 2.05) is 23.8 Å². The lowest BCUT2D eigenvalue weighted by Crippen LogP contribution is -2.08. The number of nitrogens with zero attached hydrogens (tertiary/aromatic N) is 2. The fourth-order valence-electron chi connectivity index (χ4n) is 1.87. The van der Waals surface area contributed by atoms with E-state index in [-0.39, 0.29) is 5.82 Å². The van der Waals surface area contributed by atoms with E-state index in [2.05, 4.69) is 10.3 Å². The number of hydrogen-bond donors (Lipinski definition) is 1. The van der Waals surface area contributed by atoms with Crippen molar-refractivity contribution < 1.29 is 9.13 Å². The molecule has 0 saturated heterocycles. The van der Waals surface area contributed by atoms with Crippen LogP contribution >= 0.6 is 0 Å². The van der Waals surface area contributed by atoms with E-state index in [1.165, 1.54) is 6.07 Å². The number of rotatable bonds is 5. The molecule has 0 saturated carbocycles. The van der Waals surface area contributed by atoms with Crippen molar-refractivity contribution in [1.29, 1.82) is 0 Å². The van der Waals surface area contributed by atoms with Crippen molar-refractivity contribution >= 4 is 11.6 Å². The second-order valence-electron chi connectivity index (χ2n) is 4.43. The maximum Gasteiger partial charge on any atom is 0.207 e. The predicted molar refractivity (Wildman–Crippen MR) is 73.3 cm³/mol. The lowest BCUT2D eigenvalue weighted by molar-refractivity contribution is 0.188. The molecular weight excluding hydrogens is 245 g/mol. The molecule has 1 aromatic carbocycles. The number of ether oxygens (including phenoxy) is 1. The van der Waals surface area contributed by atoms with E-state index < -0.39 is 0 Å². The Kier molecular flexibility index (Phi) is 4.16. The first-order valence-electron chi connectivity index (χ1n) is 6.16. The predicted octanol–water partition coefficient (Wildman–Crippen LogP) is 3.03. The molecule has 1 aromatic heterocycles. The topological polar surface area (TPSA) is 39.1 Å². The fourth-order valence-corrected chi connectivity index (χ4v) is 1.87. The standard InChI is InChI=1S/C14H18FN3O/c1-10-9-18(7-8-19-3)14(16-10)17-13-6-4-5-12(15)11(13)2/h4-6,9H,7-8H2,1-3H3,(H,16,17). The number of methoxy groups -OCH3 is 1. The van der Waals surface area contributed by atoms with Crippen LogP contribution in [0.25, 0.3) is 0 Å². The molecule has 4 nitrogen and oxygen atoms in total. The minimum atomic E-state index is -0.225. The van der Waals surface area contributed by atoms with Crippen molar-refractivity contribution in [2.24, 2.45) is 0 Å². The molecule has 5 heteroatoms. The molecule has 0 aliphatic carbocycles. The van der Waals surface area contributed by atoms with Crippen LogP contribution in [0.1, 0.15) is 11.3 Å². The zero-order valence-corrected chi connectivity index (χ0v) is 11.4. The first-order valence-corrected chi connectivity index (χ1v) is 6.16. The van der Waals surface area contributed by atoms with Gasteiger partial charge in [0.15, 0.2) is 0 Å². The summed E-state index contributed by atoms with van der Waals surface area (Å²) in [5, 5.41) is 3.17. The average Bonchev–Trinajstić information content (AvgIpc) is 2.73. The molecule has 0 spiro atoms. The Morgan fingerprint density at radius 2 is 2.16 bits per heavy atom. The van der Waals surface area contributed by atoms with E-state index >= 15 is 0 Å². The highest BCUT2D eigenvalue weighted by molar-refractivity contribution is 5.58. The van der Waals surface area contributed by atoms with Crippen LogP contribution in [-0.4, -0.2) is 23.3 Å². The minimum absolute atomic E-state index is 0.225. The summed E-state index contributed by atoms with van der Waals surface area (Å²) in [6.45, 7) is 4.97. The second kappa shape index (κ2) is 5.84. The summed E-state index contributed by atoms with van der Waals surface area (Å²) in [7, 11) is 1.66. The molecule has 0 radical (unpaired) electrons. The van der Waals surface area contributed by atoms with Gasteiger partial charge in [-0.1, -0.05) is 6.07 Å². The van der Waals surface area contributed by atoms with Crippen molar-refractivity contribution in [2.75, 3.05) is 19.0 Å². The highest BCUT2D eigenvalue weighted by Crippen LogP contribution is 2.22. The molecule has 0 amide bonds. The number of aryl methyl sites for hydroxylation is 1. The Bertz CT molecular complexity index is 566. The van der Waals surface area contributed by atoms with Gasteiger partial charge in [-0.05, 0) is 26.0 Å². The number of imidazole rings is 1. The van der Waals surface area contributed by atoms with Gasteiger partial charge in [-0.2, -0.15) is 0 Å². The first-order chi connectivity index (χ1) is 9.11. The lowest BCUT2D eigenvalue weighted by atomic mass is 10.2. The number of anilines is 2. The summed E-state index contributed by atoms with van der Waals surface area (Å²) in [5.41, 5.74) is 2.22. The van der Waals surface area contributed by atoms with Gasteiger partial charge in [-0.25, -0.2) is 9.37 Å².